The normalized spacial score (nSPS) is 11.1. The van der Waals surface area contributed by atoms with Gasteiger partial charge in [-0.1, -0.05) is 29.4 Å². The predicted molar refractivity (Wildman–Crippen MR) is 83.9 cm³/mol. The van der Waals surface area contributed by atoms with Crippen LogP contribution in [0.4, 0.5) is 0 Å². The Kier molecular flexibility index (Phi) is 4.90. The summed E-state index contributed by atoms with van der Waals surface area (Å²) >= 11 is 7.23. The number of aryl methyl sites for hydroxylation is 1. The van der Waals surface area contributed by atoms with Crippen LogP contribution in [0.1, 0.15) is 25.5 Å². The van der Waals surface area contributed by atoms with Crippen LogP contribution in [0.25, 0.3) is 11.4 Å². The fourth-order valence-corrected chi connectivity index (χ4v) is 2.95. The van der Waals surface area contributed by atoms with Crippen molar-refractivity contribution in [2.75, 3.05) is 5.75 Å². The molecule has 1 aromatic carbocycles. The van der Waals surface area contributed by atoms with Gasteiger partial charge in [0.25, 0.3) is 0 Å². The standard InChI is InChI=1S/C14H16ClN3O2S/c1-8(2)18-13(11-6-10(15)5-4-9(11)3)16-17-14(18)21-7-12(19)20/h4-6,8H,7H2,1-3H3,(H,19,20). The third kappa shape index (κ3) is 3.57. The molecule has 2 aromatic rings. The zero-order chi connectivity index (χ0) is 15.6. The van der Waals surface area contributed by atoms with Gasteiger partial charge in [0.05, 0.1) is 5.75 Å². The number of carboxylic acid groups (broad SMARTS) is 1. The summed E-state index contributed by atoms with van der Waals surface area (Å²) in [5, 5.41) is 18.4. The average Bonchev–Trinajstić information content (AvgIpc) is 2.83. The van der Waals surface area contributed by atoms with E-state index in [4.69, 9.17) is 16.7 Å². The Morgan fingerprint density at radius 2 is 2.14 bits per heavy atom. The first-order valence-electron chi connectivity index (χ1n) is 6.46. The number of aliphatic carboxylic acids is 1. The number of hydrogen-bond acceptors (Lipinski definition) is 4. The summed E-state index contributed by atoms with van der Waals surface area (Å²) < 4.78 is 1.94. The van der Waals surface area contributed by atoms with Crippen molar-refractivity contribution in [3.05, 3.63) is 28.8 Å². The molecule has 112 valence electrons. The number of halogens is 1. The Bertz CT molecular complexity index is 670. The van der Waals surface area contributed by atoms with Gasteiger partial charge < -0.3 is 5.11 Å². The van der Waals surface area contributed by atoms with Crippen molar-refractivity contribution >= 4 is 29.3 Å². The van der Waals surface area contributed by atoms with E-state index in [1.807, 2.05) is 43.5 Å². The second-order valence-electron chi connectivity index (χ2n) is 4.91. The molecule has 1 heterocycles. The maximum absolute atomic E-state index is 10.7. The van der Waals surface area contributed by atoms with E-state index in [9.17, 15) is 4.79 Å². The van der Waals surface area contributed by atoms with Gasteiger partial charge in [-0.15, -0.1) is 10.2 Å². The highest BCUT2D eigenvalue weighted by atomic mass is 35.5. The summed E-state index contributed by atoms with van der Waals surface area (Å²) in [6, 6.07) is 5.73. The Hall–Kier alpha value is -1.53. The first-order valence-corrected chi connectivity index (χ1v) is 7.82. The second-order valence-corrected chi connectivity index (χ2v) is 6.29. The van der Waals surface area contributed by atoms with Crippen LogP contribution in [-0.2, 0) is 4.79 Å². The molecule has 0 saturated heterocycles. The molecular formula is C14H16ClN3O2S. The molecule has 0 spiro atoms. The van der Waals surface area contributed by atoms with Gasteiger partial charge in [0.1, 0.15) is 0 Å². The number of benzene rings is 1. The van der Waals surface area contributed by atoms with E-state index in [1.54, 1.807) is 0 Å². The lowest BCUT2D eigenvalue weighted by molar-refractivity contribution is -0.133. The van der Waals surface area contributed by atoms with Crippen LogP contribution in [0.5, 0.6) is 0 Å². The van der Waals surface area contributed by atoms with Crippen LogP contribution in [0.3, 0.4) is 0 Å². The summed E-state index contributed by atoms with van der Waals surface area (Å²) in [6.45, 7) is 6.00. The van der Waals surface area contributed by atoms with Crippen molar-refractivity contribution in [1.82, 2.24) is 14.8 Å². The van der Waals surface area contributed by atoms with Gasteiger partial charge in [-0.05, 0) is 38.5 Å². The minimum atomic E-state index is -0.876. The number of thioether (sulfide) groups is 1. The van der Waals surface area contributed by atoms with Crippen LogP contribution >= 0.6 is 23.4 Å². The maximum atomic E-state index is 10.7. The molecule has 0 saturated carbocycles. The van der Waals surface area contributed by atoms with Gasteiger partial charge in [0, 0.05) is 16.6 Å². The Morgan fingerprint density at radius 3 is 2.76 bits per heavy atom. The van der Waals surface area contributed by atoms with E-state index in [2.05, 4.69) is 10.2 Å². The molecule has 0 atom stereocenters. The minimum absolute atomic E-state index is 0.0423. The summed E-state index contributed by atoms with van der Waals surface area (Å²) in [5.74, 6) is -0.212. The average molecular weight is 326 g/mol. The van der Waals surface area contributed by atoms with E-state index >= 15 is 0 Å². The van der Waals surface area contributed by atoms with Crippen molar-refractivity contribution in [2.24, 2.45) is 0 Å². The zero-order valence-electron chi connectivity index (χ0n) is 12.0. The van der Waals surface area contributed by atoms with Crippen molar-refractivity contribution < 1.29 is 9.90 Å². The van der Waals surface area contributed by atoms with E-state index in [0.717, 1.165) is 11.1 Å². The van der Waals surface area contributed by atoms with Crippen molar-refractivity contribution in [2.45, 2.75) is 32.0 Å². The highest BCUT2D eigenvalue weighted by molar-refractivity contribution is 7.99. The summed E-state index contributed by atoms with van der Waals surface area (Å²) in [5.41, 5.74) is 1.95. The summed E-state index contributed by atoms with van der Waals surface area (Å²) in [4.78, 5) is 10.7. The highest BCUT2D eigenvalue weighted by Crippen LogP contribution is 2.30. The molecule has 0 fully saturated rings. The third-order valence-corrected chi connectivity index (χ3v) is 4.11. The molecule has 0 unspecified atom stereocenters. The quantitative estimate of drug-likeness (QED) is 0.849. The third-order valence-electron chi connectivity index (χ3n) is 2.95. The van der Waals surface area contributed by atoms with Crippen LogP contribution in [0.15, 0.2) is 23.4 Å². The number of aromatic nitrogens is 3. The number of hydrogen-bond donors (Lipinski definition) is 1. The van der Waals surface area contributed by atoms with Crippen LogP contribution in [0, 0.1) is 6.92 Å². The Balaban J connectivity index is 2.49. The SMILES string of the molecule is Cc1ccc(Cl)cc1-c1nnc(SCC(=O)O)n1C(C)C. The van der Waals surface area contributed by atoms with Gasteiger partial charge in [0.2, 0.25) is 0 Å². The van der Waals surface area contributed by atoms with Gasteiger partial charge >= 0.3 is 5.97 Å². The maximum Gasteiger partial charge on any atom is 0.313 e. The van der Waals surface area contributed by atoms with Crippen molar-refractivity contribution in [1.29, 1.82) is 0 Å². The van der Waals surface area contributed by atoms with E-state index in [0.29, 0.717) is 16.0 Å². The molecular weight excluding hydrogens is 310 g/mol. The lowest BCUT2D eigenvalue weighted by atomic mass is 10.1. The first kappa shape index (κ1) is 15.9. The fourth-order valence-electron chi connectivity index (χ4n) is 1.99. The monoisotopic (exact) mass is 325 g/mol. The summed E-state index contributed by atoms with van der Waals surface area (Å²) in [7, 11) is 0. The molecule has 0 aliphatic carbocycles. The lowest BCUT2D eigenvalue weighted by Crippen LogP contribution is -2.07. The summed E-state index contributed by atoms with van der Waals surface area (Å²) in [6.07, 6.45) is 0. The molecule has 0 bridgehead atoms. The molecule has 0 radical (unpaired) electrons. The number of nitrogens with zero attached hydrogens (tertiary/aromatic N) is 3. The molecule has 21 heavy (non-hydrogen) atoms. The first-order chi connectivity index (χ1) is 9.90. The van der Waals surface area contributed by atoms with Crippen molar-refractivity contribution in [3.63, 3.8) is 0 Å². The zero-order valence-corrected chi connectivity index (χ0v) is 13.6. The topological polar surface area (TPSA) is 68.0 Å². The smallest absolute Gasteiger partial charge is 0.313 e. The van der Waals surface area contributed by atoms with Gasteiger partial charge in [-0.2, -0.15) is 0 Å². The van der Waals surface area contributed by atoms with Gasteiger partial charge in [-0.25, -0.2) is 0 Å². The van der Waals surface area contributed by atoms with Crippen LogP contribution in [0.2, 0.25) is 5.02 Å². The number of carboxylic acids is 1. The molecule has 0 amide bonds. The van der Waals surface area contributed by atoms with Crippen molar-refractivity contribution in [3.8, 4) is 11.4 Å². The Labute approximate surface area is 132 Å². The lowest BCUT2D eigenvalue weighted by Gasteiger charge is -2.14. The van der Waals surface area contributed by atoms with E-state index < -0.39 is 5.97 Å². The second kappa shape index (κ2) is 6.49. The highest BCUT2D eigenvalue weighted by Gasteiger charge is 2.19. The molecule has 7 heteroatoms. The largest absolute Gasteiger partial charge is 0.481 e. The minimum Gasteiger partial charge on any atom is -0.481 e. The molecule has 0 aliphatic rings. The van der Waals surface area contributed by atoms with Gasteiger partial charge in [0.15, 0.2) is 11.0 Å². The number of carbonyl (C=O) groups is 1. The predicted octanol–water partition coefficient (Wildman–Crippen LogP) is 3.66. The van der Waals surface area contributed by atoms with Crippen LogP contribution < -0.4 is 0 Å². The molecule has 0 aliphatic heterocycles. The van der Waals surface area contributed by atoms with Gasteiger partial charge in [-0.3, -0.25) is 9.36 Å². The molecule has 2 rings (SSSR count). The van der Waals surface area contributed by atoms with E-state index in [1.165, 1.54) is 11.8 Å². The van der Waals surface area contributed by atoms with Crippen LogP contribution in [-0.4, -0.2) is 31.6 Å². The van der Waals surface area contributed by atoms with E-state index in [-0.39, 0.29) is 11.8 Å². The molecule has 1 aromatic heterocycles. The molecule has 5 nitrogen and oxygen atoms in total. The molecule has 1 N–H and O–H groups in total. The Morgan fingerprint density at radius 1 is 1.43 bits per heavy atom. The number of rotatable bonds is 5. The fraction of sp³-hybridized carbons (Fsp3) is 0.357.